The van der Waals surface area contributed by atoms with E-state index >= 15 is 0 Å². The molecule has 10 rings (SSSR count). The Morgan fingerprint density at radius 1 is 0.386 bits per heavy atom. The van der Waals surface area contributed by atoms with Crippen molar-refractivity contribution in [3.05, 3.63) is 145 Å². The molecule has 0 N–H and O–H groups in total. The second-order valence-corrected chi connectivity index (χ2v) is 13.7. The van der Waals surface area contributed by atoms with E-state index in [9.17, 15) is 0 Å². The van der Waals surface area contributed by atoms with Crippen molar-refractivity contribution in [3.63, 3.8) is 0 Å². The largest absolute Gasteiger partial charge is 0.144 e. The van der Waals surface area contributed by atoms with Crippen LogP contribution < -0.4 is 0 Å². The number of benzene rings is 7. The summed E-state index contributed by atoms with van der Waals surface area (Å²) in [4.78, 5) is 1.33. The van der Waals surface area contributed by atoms with Gasteiger partial charge in [-0.15, -0.1) is 22.7 Å². The lowest BCUT2D eigenvalue weighted by Gasteiger charge is -2.20. The molecule has 2 aromatic heterocycles. The molecule has 0 radical (unpaired) electrons. The summed E-state index contributed by atoms with van der Waals surface area (Å²) < 4.78 is 2.70. The van der Waals surface area contributed by atoms with Crippen molar-refractivity contribution in [2.75, 3.05) is 0 Å². The minimum absolute atomic E-state index is 1.26. The average molecular weight is 593 g/mol. The van der Waals surface area contributed by atoms with Crippen LogP contribution in [0.1, 0.15) is 0 Å². The van der Waals surface area contributed by atoms with Crippen LogP contribution in [0.3, 0.4) is 0 Å². The molecule has 0 saturated heterocycles. The SMILES string of the molecule is c1ccc(-c2c3c(c(-c4ccccc4)c4ccccc24)-c2ccc(-c4cc5cc6sccc6cc5s4)c4cccc-3c24)cc1. The van der Waals surface area contributed by atoms with E-state index in [1.54, 1.807) is 0 Å². The predicted molar refractivity (Wildman–Crippen MR) is 193 cm³/mol. The van der Waals surface area contributed by atoms with Crippen molar-refractivity contribution >= 4 is 64.4 Å². The Kier molecular flexibility index (Phi) is 5.13. The zero-order valence-corrected chi connectivity index (χ0v) is 25.3. The Labute approximate surface area is 263 Å². The van der Waals surface area contributed by atoms with Gasteiger partial charge in [-0.2, -0.15) is 0 Å². The Morgan fingerprint density at radius 3 is 1.68 bits per heavy atom. The molecule has 1 aliphatic carbocycles. The summed E-state index contributed by atoms with van der Waals surface area (Å²) in [6.45, 7) is 0. The lowest BCUT2D eigenvalue weighted by Crippen LogP contribution is -1.93. The van der Waals surface area contributed by atoms with Crippen LogP contribution in [0.2, 0.25) is 0 Å². The third-order valence-electron chi connectivity index (χ3n) is 9.28. The molecule has 0 aliphatic heterocycles. The van der Waals surface area contributed by atoms with Crippen LogP contribution in [-0.2, 0) is 0 Å². The fourth-order valence-corrected chi connectivity index (χ4v) is 9.40. The molecule has 204 valence electrons. The van der Waals surface area contributed by atoms with E-state index in [0.717, 1.165) is 0 Å². The first-order valence-electron chi connectivity index (χ1n) is 15.0. The molecule has 7 aromatic carbocycles. The Balaban J connectivity index is 1.33. The number of fused-ring (bicyclic) bond motifs is 6. The molecule has 1 aliphatic rings. The monoisotopic (exact) mass is 592 g/mol. The van der Waals surface area contributed by atoms with Gasteiger partial charge in [0, 0.05) is 14.3 Å². The molecule has 0 nitrogen and oxygen atoms in total. The van der Waals surface area contributed by atoms with Gasteiger partial charge < -0.3 is 0 Å². The quantitative estimate of drug-likeness (QED) is 0.191. The highest BCUT2D eigenvalue weighted by atomic mass is 32.1. The number of hydrogen-bond donors (Lipinski definition) is 0. The lowest BCUT2D eigenvalue weighted by molar-refractivity contribution is 1.62. The van der Waals surface area contributed by atoms with Crippen LogP contribution in [0.5, 0.6) is 0 Å². The fourth-order valence-electron chi connectivity index (χ4n) is 7.45. The summed E-state index contributed by atoms with van der Waals surface area (Å²) >= 11 is 3.73. The first-order chi connectivity index (χ1) is 21.8. The topological polar surface area (TPSA) is 0 Å². The van der Waals surface area contributed by atoms with Crippen molar-refractivity contribution < 1.29 is 0 Å². The second kappa shape index (κ2) is 9.24. The summed E-state index contributed by atoms with van der Waals surface area (Å²) in [5.41, 5.74) is 11.8. The lowest BCUT2D eigenvalue weighted by atomic mass is 9.82. The number of thiophene rings is 2. The van der Waals surface area contributed by atoms with E-state index in [2.05, 4.69) is 145 Å². The molecule has 2 heterocycles. The molecule has 0 saturated carbocycles. The van der Waals surface area contributed by atoms with Gasteiger partial charge in [0.25, 0.3) is 0 Å². The van der Waals surface area contributed by atoms with Gasteiger partial charge >= 0.3 is 0 Å². The van der Waals surface area contributed by atoms with E-state index in [0.29, 0.717) is 0 Å². The minimum Gasteiger partial charge on any atom is -0.144 e. The van der Waals surface area contributed by atoms with Gasteiger partial charge in [-0.3, -0.25) is 0 Å². The molecule has 44 heavy (non-hydrogen) atoms. The van der Waals surface area contributed by atoms with Crippen molar-refractivity contribution in [2.45, 2.75) is 0 Å². The van der Waals surface area contributed by atoms with Gasteiger partial charge in [-0.25, -0.2) is 0 Å². The number of hydrogen-bond acceptors (Lipinski definition) is 2. The molecule has 0 bridgehead atoms. The highest BCUT2D eigenvalue weighted by Crippen LogP contribution is 2.58. The van der Waals surface area contributed by atoms with Gasteiger partial charge in [0.05, 0.1) is 0 Å². The third-order valence-corrected chi connectivity index (χ3v) is 11.3. The zero-order valence-electron chi connectivity index (χ0n) is 23.7. The normalized spacial score (nSPS) is 12.1. The van der Waals surface area contributed by atoms with Gasteiger partial charge in [0.1, 0.15) is 0 Å². The first-order valence-corrected chi connectivity index (χ1v) is 16.7. The summed E-state index contributed by atoms with van der Waals surface area (Å²) in [7, 11) is 0. The van der Waals surface area contributed by atoms with Crippen molar-refractivity contribution in [1.29, 1.82) is 0 Å². The minimum atomic E-state index is 1.26. The maximum Gasteiger partial charge on any atom is 0.0361 e. The van der Waals surface area contributed by atoms with E-state index in [-0.39, 0.29) is 0 Å². The maximum absolute atomic E-state index is 2.39. The summed E-state index contributed by atoms with van der Waals surface area (Å²) in [6, 6.07) is 51.9. The van der Waals surface area contributed by atoms with E-state index in [1.807, 2.05) is 22.7 Å². The van der Waals surface area contributed by atoms with Crippen molar-refractivity contribution in [2.24, 2.45) is 0 Å². The molecular weight excluding hydrogens is 569 g/mol. The van der Waals surface area contributed by atoms with Gasteiger partial charge in [0.15, 0.2) is 0 Å². The van der Waals surface area contributed by atoms with Crippen molar-refractivity contribution in [1.82, 2.24) is 0 Å². The third kappa shape index (κ3) is 3.38. The maximum atomic E-state index is 2.39. The van der Waals surface area contributed by atoms with Crippen LogP contribution in [0.15, 0.2) is 145 Å². The van der Waals surface area contributed by atoms with Gasteiger partial charge in [-0.1, -0.05) is 115 Å². The van der Waals surface area contributed by atoms with Crippen LogP contribution in [0, 0.1) is 0 Å². The zero-order chi connectivity index (χ0) is 28.8. The average Bonchev–Trinajstić information content (AvgIpc) is 3.80. The summed E-state index contributed by atoms with van der Waals surface area (Å²) in [5, 5.41) is 10.1. The molecule has 0 atom stereocenters. The summed E-state index contributed by atoms with van der Waals surface area (Å²) in [6.07, 6.45) is 0. The van der Waals surface area contributed by atoms with Crippen LogP contribution in [0.25, 0.3) is 96.7 Å². The molecule has 2 heteroatoms. The first kappa shape index (κ1) is 24.4. The smallest absolute Gasteiger partial charge is 0.0361 e. The second-order valence-electron chi connectivity index (χ2n) is 11.6. The standard InChI is InChI=1S/C42H24S2/c1-3-10-25(11-4-1)38-31-14-7-8-15-32(31)39(26-12-5-2-6-13-26)42-34-19-18-29(30-16-9-17-33(40(30)34)41(38)42)37-24-28-23-35-27(20-21-43-35)22-36(28)44-37/h1-24H. The predicted octanol–water partition coefficient (Wildman–Crippen LogP) is 13.1. The van der Waals surface area contributed by atoms with E-state index in [1.165, 1.54) is 96.7 Å². The molecule has 0 spiro atoms. The Morgan fingerprint density at radius 2 is 0.977 bits per heavy atom. The molecule has 9 aromatic rings. The Bertz CT molecular complexity index is 2440. The van der Waals surface area contributed by atoms with Gasteiger partial charge in [-0.05, 0) is 112 Å². The van der Waals surface area contributed by atoms with Crippen LogP contribution in [-0.4, -0.2) is 0 Å². The van der Waals surface area contributed by atoms with E-state index < -0.39 is 0 Å². The summed E-state index contributed by atoms with van der Waals surface area (Å²) in [5.74, 6) is 0. The Hall–Kier alpha value is -5.02. The molecule has 0 unspecified atom stereocenters. The highest BCUT2D eigenvalue weighted by molar-refractivity contribution is 7.22. The molecule has 0 fully saturated rings. The van der Waals surface area contributed by atoms with Crippen LogP contribution in [0.4, 0.5) is 0 Å². The molecule has 0 amide bonds. The van der Waals surface area contributed by atoms with Crippen molar-refractivity contribution in [3.8, 4) is 54.9 Å². The van der Waals surface area contributed by atoms with E-state index in [4.69, 9.17) is 0 Å². The highest BCUT2D eigenvalue weighted by Gasteiger charge is 2.31. The fraction of sp³-hybridized carbons (Fsp3) is 0. The van der Waals surface area contributed by atoms with Crippen LogP contribution >= 0.6 is 22.7 Å². The number of rotatable bonds is 3. The molecular formula is C42H24S2. The van der Waals surface area contributed by atoms with Gasteiger partial charge in [0.2, 0.25) is 0 Å².